The summed E-state index contributed by atoms with van der Waals surface area (Å²) in [6.45, 7) is 2.70. The molecule has 24 heavy (non-hydrogen) atoms. The minimum Gasteiger partial charge on any atom is -0.356 e. The van der Waals surface area contributed by atoms with Gasteiger partial charge >= 0.3 is 0 Å². The maximum atomic E-state index is 13.3. The molecule has 1 aliphatic heterocycles. The van der Waals surface area contributed by atoms with Crippen LogP contribution in [0.1, 0.15) is 31.5 Å². The fraction of sp³-hybridized carbons (Fsp3) is 0.556. The normalized spacial score (nSPS) is 15.8. The number of nitrogens with zero attached hydrogens (tertiary/aromatic N) is 2. The van der Waals surface area contributed by atoms with Gasteiger partial charge in [-0.05, 0) is 56.5 Å². The van der Waals surface area contributed by atoms with Gasteiger partial charge in [-0.2, -0.15) is 0 Å². The van der Waals surface area contributed by atoms with E-state index in [9.17, 15) is 9.18 Å². The number of rotatable bonds is 6. The second-order valence-corrected chi connectivity index (χ2v) is 6.55. The average molecular weight is 332 g/mol. The lowest BCUT2D eigenvalue weighted by molar-refractivity contribution is -0.121. The fourth-order valence-corrected chi connectivity index (χ4v) is 3.34. The van der Waals surface area contributed by atoms with Gasteiger partial charge in [-0.3, -0.25) is 4.79 Å². The Kier molecular flexibility index (Phi) is 5.45. The van der Waals surface area contributed by atoms with E-state index in [0.29, 0.717) is 25.3 Å². The summed E-state index contributed by atoms with van der Waals surface area (Å²) in [4.78, 5) is 16.5. The highest BCUT2D eigenvalue weighted by molar-refractivity contribution is 5.76. The molecule has 5 nitrogen and oxygen atoms in total. The highest BCUT2D eigenvalue weighted by Gasteiger charge is 2.14. The van der Waals surface area contributed by atoms with Crippen LogP contribution >= 0.6 is 0 Å². The standard InChI is InChI=1S/C18H25FN4O/c1-23-16-12-14(19)3-4-15(16)22-17(23)8-11-21-18(24)5-2-13-6-9-20-10-7-13/h3-4,12-13,20H,2,5-11H2,1H3,(H,21,24). The number of amides is 1. The van der Waals surface area contributed by atoms with Gasteiger partial charge in [0.1, 0.15) is 11.6 Å². The highest BCUT2D eigenvalue weighted by atomic mass is 19.1. The lowest BCUT2D eigenvalue weighted by Crippen LogP contribution is -2.30. The number of aryl methyl sites for hydroxylation is 1. The molecule has 0 saturated carbocycles. The number of hydrogen-bond donors (Lipinski definition) is 2. The van der Waals surface area contributed by atoms with Crippen molar-refractivity contribution in [3.05, 3.63) is 29.8 Å². The third kappa shape index (κ3) is 4.12. The minimum atomic E-state index is -0.261. The quantitative estimate of drug-likeness (QED) is 0.852. The molecule has 1 aromatic heterocycles. The monoisotopic (exact) mass is 332 g/mol. The molecule has 0 radical (unpaired) electrons. The molecule has 3 rings (SSSR count). The Balaban J connectivity index is 1.45. The number of hydrogen-bond acceptors (Lipinski definition) is 3. The molecule has 2 aromatic rings. The van der Waals surface area contributed by atoms with Crippen molar-refractivity contribution in [2.24, 2.45) is 13.0 Å². The maximum absolute atomic E-state index is 13.3. The number of piperidine rings is 1. The third-order valence-corrected chi connectivity index (χ3v) is 4.84. The van der Waals surface area contributed by atoms with Crippen LogP contribution in [0.25, 0.3) is 11.0 Å². The molecule has 0 spiro atoms. The molecule has 0 unspecified atom stereocenters. The first-order valence-electron chi connectivity index (χ1n) is 8.72. The smallest absolute Gasteiger partial charge is 0.220 e. The zero-order valence-corrected chi connectivity index (χ0v) is 14.1. The summed E-state index contributed by atoms with van der Waals surface area (Å²) < 4.78 is 15.2. The van der Waals surface area contributed by atoms with Crippen LogP contribution in [-0.4, -0.2) is 35.1 Å². The molecule has 0 bridgehead atoms. The van der Waals surface area contributed by atoms with Crippen LogP contribution in [0.2, 0.25) is 0 Å². The molecule has 1 aromatic carbocycles. The molecule has 130 valence electrons. The maximum Gasteiger partial charge on any atom is 0.220 e. The molecule has 6 heteroatoms. The summed E-state index contributed by atoms with van der Waals surface area (Å²) in [7, 11) is 1.88. The van der Waals surface area contributed by atoms with Crippen molar-refractivity contribution in [1.82, 2.24) is 20.2 Å². The fourth-order valence-electron chi connectivity index (χ4n) is 3.34. The average Bonchev–Trinajstić information content (AvgIpc) is 2.90. The summed E-state index contributed by atoms with van der Waals surface area (Å²) >= 11 is 0. The van der Waals surface area contributed by atoms with Gasteiger partial charge in [0.2, 0.25) is 5.91 Å². The second-order valence-electron chi connectivity index (χ2n) is 6.55. The van der Waals surface area contributed by atoms with Crippen molar-refractivity contribution in [2.45, 2.75) is 32.1 Å². The van der Waals surface area contributed by atoms with E-state index in [4.69, 9.17) is 0 Å². The van der Waals surface area contributed by atoms with Crippen LogP contribution in [0, 0.1) is 11.7 Å². The number of benzene rings is 1. The van der Waals surface area contributed by atoms with Crippen LogP contribution < -0.4 is 10.6 Å². The first-order chi connectivity index (χ1) is 11.6. The molecular formula is C18H25FN4O. The molecule has 2 heterocycles. The Labute approximate surface area is 141 Å². The van der Waals surface area contributed by atoms with E-state index in [2.05, 4.69) is 15.6 Å². The summed E-state index contributed by atoms with van der Waals surface area (Å²) in [5, 5.41) is 6.31. The molecule has 1 saturated heterocycles. The topological polar surface area (TPSA) is 59.0 Å². The zero-order chi connectivity index (χ0) is 16.9. The lowest BCUT2D eigenvalue weighted by atomic mass is 9.93. The van der Waals surface area contributed by atoms with Crippen molar-refractivity contribution in [3.8, 4) is 0 Å². The van der Waals surface area contributed by atoms with Crippen molar-refractivity contribution in [3.63, 3.8) is 0 Å². The van der Waals surface area contributed by atoms with Gasteiger partial charge in [0.05, 0.1) is 11.0 Å². The molecular weight excluding hydrogens is 307 g/mol. The van der Waals surface area contributed by atoms with Gasteiger partial charge in [0, 0.05) is 26.4 Å². The van der Waals surface area contributed by atoms with E-state index in [0.717, 1.165) is 36.4 Å². The Morgan fingerprint density at radius 1 is 1.42 bits per heavy atom. The van der Waals surface area contributed by atoms with Gasteiger partial charge in [-0.15, -0.1) is 0 Å². The van der Waals surface area contributed by atoms with E-state index < -0.39 is 0 Å². The van der Waals surface area contributed by atoms with Gasteiger partial charge < -0.3 is 15.2 Å². The summed E-state index contributed by atoms with van der Waals surface area (Å²) in [6.07, 6.45) is 4.55. The molecule has 0 atom stereocenters. The number of halogens is 1. The van der Waals surface area contributed by atoms with Crippen molar-refractivity contribution in [1.29, 1.82) is 0 Å². The van der Waals surface area contributed by atoms with Crippen LogP contribution in [0.5, 0.6) is 0 Å². The molecule has 1 fully saturated rings. The Morgan fingerprint density at radius 3 is 3.00 bits per heavy atom. The summed E-state index contributed by atoms with van der Waals surface area (Å²) in [6, 6.07) is 4.59. The van der Waals surface area contributed by atoms with Crippen LogP contribution in [0.4, 0.5) is 4.39 Å². The van der Waals surface area contributed by atoms with E-state index in [1.54, 1.807) is 6.07 Å². The van der Waals surface area contributed by atoms with Crippen LogP contribution in [-0.2, 0) is 18.3 Å². The first-order valence-corrected chi connectivity index (χ1v) is 8.72. The SMILES string of the molecule is Cn1c(CCNC(=O)CCC2CCNCC2)nc2ccc(F)cc21. The van der Waals surface area contributed by atoms with Crippen molar-refractivity contribution in [2.75, 3.05) is 19.6 Å². The van der Waals surface area contributed by atoms with E-state index in [1.165, 1.54) is 25.0 Å². The van der Waals surface area contributed by atoms with Crippen LogP contribution in [0.3, 0.4) is 0 Å². The second kappa shape index (κ2) is 7.75. The lowest BCUT2D eigenvalue weighted by Gasteiger charge is -2.22. The summed E-state index contributed by atoms with van der Waals surface area (Å²) in [5.41, 5.74) is 1.56. The van der Waals surface area contributed by atoms with E-state index >= 15 is 0 Å². The number of aromatic nitrogens is 2. The molecule has 1 amide bonds. The number of nitrogens with one attached hydrogen (secondary N) is 2. The Bertz CT molecular complexity index is 706. The minimum absolute atomic E-state index is 0.110. The van der Waals surface area contributed by atoms with Crippen molar-refractivity contribution < 1.29 is 9.18 Å². The largest absolute Gasteiger partial charge is 0.356 e. The van der Waals surface area contributed by atoms with Gasteiger partial charge in [-0.1, -0.05) is 0 Å². The highest BCUT2D eigenvalue weighted by Crippen LogP contribution is 2.18. The molecule has 2 N–H and O–H groups in total. The zero-order valence-electron chi connectivity index (χ0n) is 14.1. The molecule has 0 aliphatic carbocycles. The van der Waals surface area contributed by atoms with E-state index in [1.807, 2.05) is 11.6 Å². The number of fused-ring (bicyclic) bond motifs is 1. The van der Waals surface area contributed by atoms with Crippen molar-refractivity contribution >= 4 is 16.9 Å². The number of carbonyl (C=O) groups is 1. The van der Waals surface area contributed by atoms with Crippen LogP contribution in [0.15, 0.2) is 18.2 Å². The Hall–Kier alpha value is -1.95. The van der Waals surface area contributed by atoms with Gasteiger partial charge in [0.25, 0.3) is 0 Å². The molecule has 1 aliphatic rings. The first kappa shape index (κ1) is 16.9. The van der Waals surface area contributed by atoms with E-state index in [-0.39, 0.29) is 11.7 Å². The van der Waals surface area contributed by atoms with Gasteiger partial charge in [-0.25, -0.2) is 9.37 Å². The predicted octanol–water partition coefficient (Wildman–Crippen LogP) is 2.15. The van der Waals surface area contributed by atoms with Gasteiger partial charge in [0.15, 0.2) is 0 Å². The Morgan fingerprint density at radius 2 is 2.21 bits per heavy atom. The summed E-state index contributed by atoms with van der Waals surface area (Å²) in [5.74, 6) is 1.38. The third-order valence-electron chi connectivity index (χ3n) is 4.84. The number of carbonyl (C=O) groups excluding carboxylic acids is 1. The predicted molar refractivity (Wildman–Crippen MR) is 92.2 cm³/mol. The number of imidazole rings is 1.